The average Bonchev–Trinajstić information content (AvgIpc) is 2.84. The molecule has 1 aliphatic heterocycles. The molecule has 11 heteroatoms. The van der Waals surface area contributed by atoms with Gasteiger partial charge in [-0.25, -0.2) is 22.8 Å². The Bertz CT molecular complexity index is 1210. The van der Waals surface area contributed by atoms with Gasteiger partial charge in [-0.15, -0.1) is 0 Å². The predicted octanol–water partition coefficient (Wildman–Crippen LogP) is 2.04. The van der Waals surface area contributed by atoms with Gasteiger partial charge in [0.2, 0.25) is 0 Å². The van der Waals surface area contributed by atoms with Gasteiger partial charge in [0.05, 0.1) is 4.90 Å². The molecular formula is C22H24FN5O4S. The molecule has 0 saturated carbocycles. The number of piperazine rings is 1. The summed E-state index contributed by atoms with van der Waals surface area (Å²) in [6, 6.07) is 13.1. The van der Waals surface area contributed by atoms with Crippen molar-refractivity contribution in [2.24, 2.45) is 0 Å². The quantitative estimate of drug-likeness (QED) is 0.563. The maximum atomic E-state index is 13.1. The predicted molar refractivity (Wildman–Crippen MR) is 122 cm³/mol. The Hall–Kier alpha value is -3.57. The zero-order valence-corrected chi connectivity index (χ0v) is 18.3. The van der Waals surface area contributed by atoms with Crippen LogP contribution >= 0.6 is 0 Å². The first-order valence-corrected chi connectivity index (χ1v) is 11.7. The molecule has 1 aliphatic rings. The number of halogens is 1. The molecule has 1 atom stereocenters. The number of rotatable bonds is 6. The number of carbonyl (C=O) groups is 1. The minimum atomic E-state index is -3.78. The fourth-order valence-corrected chi connectivity index (χ4v) is 4.54. The maximum absolute atomic E-state index is 13.1. The van der Waals surface area contributed by atoms with E-state index in [0.29, 0.717) is 31.7 Å². The van der Waals surface area contributed by atoms with E-state index in [9.17, 15) is 22.7 Å². The standard InChI is InChI=1S/C22H22FN5O4S.H2/c23-17-3-1-16(2-4-17)21(29)22(30)28-13-11-27(12-14-28)18-5-7-19(8-6-18)33(31,32)26-20-9-10-24-15-25-20;/h1-10,15,21,29H,11-14H2,(H,24,25,26);1H. The zero-order chi connectivity index (χ0) is 23.4. The Morgan fingerprint density at radius 3 is 2.30 bits per heavy atom. The highest BCUT2D eigenvalue weighted by Gasteiger charge is 2.27. The van der Waals surface area contributed by atoms with Crippen LogP contribution in [0, 0.1) is 5.82 Å². The van der Waals surface area contributed by atoms with Gasteiger partial charge in [-0.2, -0.15) is 0 Å². The number of hydrogen-bond donors (Lipinski definition) is 2. The second-order valence-corrected chi connectivity index (χ2v) is 9.14. The van der Waals surface area contributed by atoms with Gasteiger partial charge in [0.15, 0.2) is 6.10 Å². The lowest BCUT2D eigenvalue weighted by Gasteiger charge is -2.37. The van der Waals surface area contributed by atoms with Crippen LogP contribution < -0.4 is 9.62 Å². The topological polar surface area (TPSA) is 116 Å². The summed E-state index contributed by atoms with van der Waals surface area (Å²) < 4.78 is 40.5. The molecule has 174 valence electrons. The first-order valence-electron chi connectivity index (χ1n) is 10.2. The Labute approximate surface area is 192 Å². The Morgan fingerprint density at radius 2 is 1.70 bits per heavy atom. The number of hydrogen-bond acceptors (Lipinski definition) is 7. The van der Waals surface area contributed by atoms with Gasteiger partial charge in [-0.3, -0.25) is 9.52 Å². The molecule has 1 fully saturated rings. The van der Waals surface area contributed by atoms with Crippen molar-refractivity contribution in [3.63, 3.8) is 0 Å². The van der Waals surface area contributed by atoms with Crippen LogP contribution in [0.1, 0.15) is 13.1 Å². The molecule has 2 aromatic carbocycles. The van der Waals surface area contributed by atoms with Crippen molar-refractivity contribution in [3.05, 3.63) is 78.5 Å². The number of aliphatic hydroxyl groups is 1. The molecule has 1 aromatic heterocycles. The fourth-order valence-electron chi connectivity index (χ4n) is 3.53. The number of nitrogens with zero attached hydrogens (tertiary/aromatic N) is 4. The molecule has 4 rings (SSSR count). The molecule has 2 N–H and O–H groups in total. The van der Waals surface area contributed by atoms with Gasteiger partial charge in [-0.1, -0.05) is 12.1 Å². The number of anilines is 2. The summed E-state index contributed by atoms with van der Waals surface area (Å²) in [5.74, 6) is -0.688. The summed E-state index contributed by atoms with van der Waals surface area (Å²) in [6.45, 7) is 1.83. The van der Waals surface area contributed by atoms with Gasteiger partial charge in [0.1, 0.15) is 18.0 Å². The van der Waals surface area contributed by atoms with Crippen molar-refractivity contribution in [2.45, 2.75) is 11.0 Å². The van der Waals surface area contributed by atoms with Crippen molar-refractivity contribution in [3.8, 4) is 0 Å². The van der Waals surface area contributed by atoms with E-state index in [-0.39, 0.29) is 12.1 Å². The van der Waals surface area contributed by atoms with Crippen LogP contribution in [0.15, 0.2) is 72.0 Å². The Kier molecular flexibility index (Phi) is 6.52. The summed E-state index contributed by atoms with van der Waals surface area (Å²) in [6.07, 6.45) is 1.35. The highest BCUT2D eigenvalue weighted by molar-refractivity contribution is 7.92. The van der Waals surface area contributed by atoms with E-state index in [0.717, 1.165) is 5.69 Å². The number of carbonyl (C=O) groups excluding carboxylic acids is 1. The number of aliphatic hydroxyl groups excluding tert-OH is 1. The van der Waals surface area contributed by atoms with Gasteiger partial charge in [0, 0.05) is 39.5 Å². The molecule has 1 saturated heterocycles. The summed E-state index contributed by atoms with van der Waals surface area (Å²) in [5.41, 5.74) is 1.17. The molecule has 1 unspecified atom stereocenters. The summed E-state index contributed by atoms with van der Waals surface area (Å²) in [4.78, 5) is 23.9. The van der Waals surface area contributed by atoms with Crippen molar-refractivity contribution in [1.29, 1.82) is 0 Å². The Morgan fingerprint density at radius 1 is 1.03 bits per heavy atom. The van der Waals surface area contributed by atoms with E-state index >= 15 is 0 Å². The van der Waals surface area contributed by atoms with E-state index in [1.165, 1.54) is 55.0 Å². The van der Waals surface area contributed by atoms with E-state index in [4.69, 9.17) is 0 Å². The third-order valence-corrected chi connectivity index (χ3v) is 6.71. The molecule has 0 bridgehead atoms. The summed E-state index contributed by atoms with van der Waals surface area (Å²) in [7, 11) is -3.78. The maximum Gasteiger partial charge on any atom is 0.263 e. The van der Waals surface area contributed by atoms with Crippen LogP contribution in [0.25, 0.3) is 0 Å². The van der Waals surface area contributed by atoms with Crippen molar-refractivity contribution in [2.75, 3.05) is 35.8 Å². The summed E-state index contributed by atoms with van der Waals surface area (Å²) in [5, 5.41) is 10.3. The SMILES string of the molecule is O=C(C(O)c1ccc(F)cc1)N1CCN(c2ccc(S(=O)(=O)Nc3ccncn3)cc2)CC1.[HH]. The highest BCUT2D eigenvalue weighted by Crippen LogP contribution is 2.22. The minimum Gasteiger partial charge on any atom is -0.378 e. The lowest BCUT2D eigenvalue weighted by atomic mass is 10.1. The first kappa shape index (κ1) is 22.6. The lowest BCUT2D eigenvalue weighted by molar-refractivity contribution is -0.140. The zero-order valence-electron chi connectivity index (χ0n) is 17.5. The molecular weight excluding hydrogens is 449 g/mol. The van der Waals surface area contributed by atoms with Gasteiger partial charge in [0.25, 0.3) is 15.9 Å². The molecule has 2 heterocycles. The molecule has 9 nitrogen and oxygen atoms in total. The van der Waals surface area contributed by atoms with Crippen LogP contribution in [-0.4, -0.2) is 60.5 Å². The van der Waals surface area contributed by atoms with E-state index in [1.54, 1.807) is 17.0 Å². The normalized spacial score (nSPS) is 15.2. The second-order valence-electron chi connectivity index (χ2n) is 7.46. The third kappa shape index (κ3) is 5.26. The molecule has 0 spiro atoms. The van der Waals surface area contributed by atoms with Gasteiger partial charge < -0.3 is 14.9 Å². The van der Waals surface area contributed by atoms with Crippen molar-refractivity contribution >= 4 is 27.4 Å². The molecule has 33 heavy (non-hydrogen) atoms. The van der Waals surface area contributed by atoms with Crippen molar-refractivity contribution in [1.82, 2.24) is 14.9 Å². The fraction of sp³-hybridized carbons (Fsp3) is 0.227. The average molecular weight is 474 g/mol. The first-order chi connectivity index (χ1) is 15.8. The molecule has 0 aliphatic carbocycles. The number of nitrogens with one attached hydrogen (secondary N) is 1. The van der Waals surface area contributed by atoms with E-state index in [2.05, 4.69) is 14.7 Å². The lowest BCUT2D eigenvalue weighted by Crippen LogP contribution is -2.50. The van der Waals surface area contributed by atoms with Gasteiger partial charge >= 0.3 is 0 Å². The number of aromatic nitrogens is 2. The van der Waals surface area contributed by atoms with Crippen LogP contribution in [0.4, 0.5) is 15.9 Å². The smallest absolute Gasteiger partial charge is 0.263 e. The highest BCUT2D eigenvalue weighted by atomic mass is 32.2. The van der Waals surface area contributed by atoms with Crippen LogP contribution in [0.5, 0.6) is 0 Å². The van der Waals surface area contributed by atoms with E-state index in [1.807, 2.05) is 4.90 Å². The Balaban J connectivity index is 0.00000324. The third-order valence-electron chi connectivity index (χ3n) is 5.34. The number of benzene rings is 2. The van der Waals surface area contributed by atoms with E-state index < -0.39 is 27.9 Å². The molecule has 1 amide bonds. The van der Waals surface area contributed by atoms with Crippen LogP contribution in [-0.2, 0) is 14.8 Å². The number of sulfonamides is 1. The minimum absolute atomic E-state index is 0. The van der Waals surface area contributed by atoms with Crippen molar-refractivity contribution < 1.29 is 24.1 Å². The van der Waals surface area contributed by atoms with Crippen LogP contribution in [0.3, 0.4) is 0 Å². The second kappa shape index (κ2) is 9.51. The summed E-state index contributed by atoms with van der Waals surface area (Å²) >= 11 is 0. The van der Waals surface area contributed by atoms with Crippen LogP contribution in [0.2, 0.25) is 0 Å². The monoisotopic (exact) mass is 473 g/mol. The largest absolute Gasteiger partial charge is 0.378 e. The number of amides is 1. The molecule has 0 radical (unpaired) electrons. The van der Waals surface area contributed by atoms with Gasteiger partial charge in [-0.05, 0) is 48.0 Å². The molecule has 3 aromatic rings.